The van der Waals surface area contributed by atoms with Crippen LogP contribution in [0.2, 0.25) is 0 Å². The number of aromatic nitrogens is 2. The lowest BCUT2D eigenvalue weighted by Gasteiger charge is -2.13. The van der Waals surface area contributed by atoms with Crippen molar-refractivity contribution in [1.82, 2.24) is 15.3 Å². The van der Waals surface area contributed by atoms with Gasteiger partial charge in [-0.2, -0.15) is 9.65 Å². The molecule has 1 atom stereocenters. The number of hydrogen-bond donors (Lipinski definition) is 2. The van der Waals surface area contributed by atoms with Crippen LogP contribution in [0.1, 0.15) is 12.0 Å². The van der Waals surface area contributed by atoms with Crippen LogP contribution in [0.25, 0.3) is 22.2 Å². The van der Waals surface area contributed by atoms with Crippen LogP contribution in [0.5, 0.6) is 5.75 Å². The van der Waals surface area contributed by atoms with Crippen LogP contribution in [0, 0.1) is 17.3 Å². The molecule has 1 unspecified atom stereocenters. The van der Waals surface area contributed by atoms with Crippen LogP contribution in [-0.2, 0) is 0 Å². The Bertz CT molecular complexity index is 938. The minimum Gasteiger partial charge on any atom is -0.484 e. The zero-order chi connectivity index (χ0) is 16.5. The summed E-state index contributed by atoms with van der Waals surface area (Å²) < 4.78 is 20.0. The maximum Gasteiger partial charge on any atom is 0.255 e. The lowest BCUT2D eigenvalue weighted by atomic mass is 10.1. The van der Waals surface area contributed by atoms with Crippen LogP contribution in [0.15, 0.2) is 36.5 Å². The van der Waals surface area contributed by atoms with Gasteiger partial charge in [0.05, 0.1) is 16.8 Å². The second-order valence-corrected chi connectivity index (χ2v) is 5.76. The van der Waals surface area contributed by atoms with Gasteiger partial charge in [-0.05, 0) is 31.2 Å². The van der Waals surface area contributed by atoms with Gasteiger partial charge in [-0.15, -0.1) is 0 Å². The van der Waals surface area contributed by atoms with Crippen molar-refractivity contribution < 1.29 is 9.13 Å². The number of ether oxygens (including phenoxy) is 1. The van der Waals surface area contributed by atoms with E-state index in [1.165, 1.54) is 0 Å². The van der Waals surface area contributed by atoms with E-state index in [-0.39, 0.29) is 11.9 Å². The van der Waals surface area contributed by atoms with Gasteiger partial charge in [0.1, 0.15) is 12.2 Å². The summed E-state index contributed by atoms with van der Waals surface area (Å²) in [4.78, 5) is 7.12. The Hall–Kier alpha value is -2.91. The highest BCUT2D eigenvalue weighted by Crippen LogP contribution is 2.30. The van der Waals surface area contributed by atoms with Gasteiger partial charge in [-0.3, -0.25) is 0 Å². The molecule has 0 radical (unpaired) electrons. The van der Waals surface area contributed by atoms with Crippen molar-refractivity contribution in [3.8, 4) is 23.1 Å². The number of nitrogens with zero attached hydrogens (tertiary/aromatic N) is 2. The zero-order valence-corrected chi connectivity index (χ0v) is 12.8. The van der Waals surface area contributed by atoms with E-state index in [0.717, 1.165) is 36.0 Å². The summed E-state index contributed by atoms with van der Waals surface area (Å²) in [5, 5.41) is 13.2. The first-order chi connectivity index (χ1) is 11.8. The molecule has 0 bridgehead atoms. The van der Waals surface area contributed by atoms with Crippen molar-refractivity contribution in [2.24, 2.45) is 0 Å². The molecule has 1 aliphatic rings. The standard InChI is InChI=1S/C18H15FN4O/c19-18-16(24-12-6-7-21-9-12)5-4-15(23-18)14-10-22-17-11(8-20)2-1-3-13(14)17/h1-5,10,12,21-22H,6-7,9H2. The van der Waals surface area contributed by atoms with Crippen molar-refractivity contribution in [2.45, 2.75) is 12.5 Å². The Balaban J connectivity index is 1.70. The first-order valence-electron chi connectivity index (χ1n) is 7.81. The van der Waals surface area contributed by atoms with Crippen molar-refractivity contribution in [2.75, 3.05) is 13.1 Å². The second-order valence-electron chi connectivity index (χ2n) is 5.76. The lowest BCUT2D eigenvalue weighted by Crippen LogP contribution is -2.20. The number of nitrogens with one attached hydrogen (secondary N) is 2. The summed E-state index contributed by atoms with van der Waals surface area (Å²) in [6.07, 6.45) is 2.59. The fourth-order valence-corrected chi connectivity index (χ4v) is 3.03. The molecule has 1 aliphatic heterocycles. The van der Waals surface area contributed by atoms with E-state index in [4.69, 9.17) is 10.00 Å². The van der Waals surface area contributed by atoms with Crippen molar-refractivity contribution in [3.63, 3.8) is 0 Å². The summed E-state index contributed by atoms with van der Waals surface area (Å²) in [6.45, 7) is 1.61. The fourth-order valence-electron chi connectivity index (χ4n) is 3.03. The average molecular weight is 322 g/mol. The minimum absolute atomic E-state index is 0.0153. The third-order valence-electron chi connectivity index (χ3n) is 4.24. The molecule has 2 aromatic heterocycles. The Labute approximate surface area is 138 Å². The molecule has 0 aliphatic carbocycles. The Kier molecular flexibility index (Phi) is 3.63. The highest BCUT2D eigenvalue weighted by atomic mass is 19.1. The van der Waals surface area contributed by atoms with E-state index in [1.54, 1.807) is 30.5 Å². The minimum atomic E-state index is -0.620. The van der Waals surface area contributed by atoms with Gasteiger partial charge in [0.15, 0.2) is 5.75 Å². The number of hydrogen-bond acceptors (Lipinski definition) is 4. The highest BCUT2D eigenvalue weighted by Gasteiger charge is 2.19. The van der Waals surface area contributed by atoms with Crippen LogP contribution in [0.3, 0.4) is 0 Å². The summed E-state index contributed by atoms with van der Waals surface area (Å²) in [6, 6.07) is 10.9. The predicted molar refractivity (Wildman–Crippen MR) is 88.1 cm³/mol. The summed E-state index contributed by atoms with van der Waals surface area (Å²) >= 11 is 0. The van der Waals surface area contributed by atoms with Crippen molar-refractivity contribution in [1.29, 1.82) is 5.26 Å². The molecule has 1 aromatic carbocycles. The number of H-pyrrole nitrogens is 1. The number of benzene rings is 1. The molecule has 0 amide bonds. The van der Waals surface area contributed by atoms with Crippen LogP contribution < -0.4 is 10.1 Å². The van der Waals surface area contributed by atoms with E-state index < -0.39 is 5.95 Å². The number of rotatable bonds is 3. The van der Waals surface area contributed by atoms with Gasteiger partial charge >= 0.3 is 0 Å². The molecule has 1 saturated heterocycles. The summed E-state index contributed by atoms with van der Waals surface area (Å²) in [5.74, 6) is -0.449. The molecule has 24 heavy (non-hydrogen) atoms. The normalized spacial score (nSPS) is 17.1. The molecule has 1 fully saturated rings. The Morgan fingerprint density at radius 3 is 2.96 bits per heavy atom. The SMILES string of the molecule is N#Cc1cccc2c(-c3ccc(OC4CCNC4)c(F)n3)c[nH]c12. The molecule has 0 spiro atoms. The number of halogens is 1. The maximum absolute atomic E-state index is 14.3. The van der Waals surface area contributed by atoms with Gasteiger partial charge < -0.3 is 15.0 Å². The van der Waals surface area contributed by atoms with E-state index in [2.05, 4.69) is 21.4 Å². The molecule has 3 aromatic rings. The van der Waals surface area contributed by atoms with E-state index in [0.29, 0.717) is 11.3 Å². The molecule has 0 saturated carbocycles. The average Bonchev–Trinajstić information content (AvgIpc) is 3.26. The zero-order valence-electron chi connectivity index (χ0n) is 12.8. The number of aromatic amines is 1. The van der Waals surface area contributed by atoms with Crippen molar-refractivity contribution in [3.05, 3.63) is 48.0 Å². The molecule has 4 rings (SSSR count). The van der Waals surface area contributed by atoms with Gasteiger partial charge in [-0.25, -0.2) is 4.98 Å². The van der Waals surface area contributed by atoms with Gasteiger partial charge in [-0.1, -0.05) is 12.1 Å². The topological polar surface area (TPSA) is 73.7 Å². The number of pyridine rings is 1. The molecule has 5 nitrogen and oxygen atoms in total. The van der Waals surface area contributed by atoms with Gasteiger partial charge in [0.25, 0.3) is 5.95 Å². The first-order valence-corrected chi connectivity index (χ1v) is 7.81. The first kappa shape index (κ1) is 14.7. The van der Waals surface area contributed by atoms with E-state index >= 15 is 0 Å². The number of nitriles is 1. The van der Waals surface area contributed by atoms with Gasteiger partial charge in [0.2, 0.25) is 0 Å². The van der Waals surface area contributed by atoms with Crippen molar-refractivity contribution >= 4 is 10.9 Å². The number of fused-ring (bicyclic) bond motifs is 1. The molecular weight excluding hydrogens is 307 g/mol. The van der Waals surface area contributed by atoms with E-state index in [9.17, 15) is 4.39 Å². The second kappa shape index (κ2) is 5.95. The Morgan fingerprint density at radius 2 is 2.21 bits per heavy atom. The molecule has 2 N–H and O–H groups in total. The maximum atomic E-state index is 14.3. The van der Waals surface area contributed by atoms with Crippen LogP contribution in [-0.4, -0.2) is 29.2 Å². The largest absolute Gasteiger partial charge is 0.484 e. The number of para-hydroxylation sites is 1. The molecular formula is C18H15FN4O. The highest BCUT2D eigenvalue weighted by molar-refractivity contribution is 5.97. The van der Waals surface area contributed by atoms with Gasteiger partial charge in [0, 0.05) is 23.7 Å². The molecule has 6 heteroatoms. The molecule has 120 valence electrons. The summed E-state index contributed by atoms with van der Waals surface area (Å²) in [5.41, 5.74) is 2.54. The summed E-state index contributed by atoms with van der Waals surface area (Å²) in [7, 11) is 0. The smallest absolute Gasteiger partial charge is 0.255 e. The quantitative estimate of drug-likeness (QED) is 0.727. The van der Waals surface area contributed by atoms with Crippen LogP contribution in [0.4, 0.5) is 4.39 Å². The Morgan fingerprint density at radius 1 is 1.29 bits per heavy atom. The third-order valence-corrected chi connectivity index (χ3v) is 4.24. The lowest BCUT2D eigenvalue weighted by molar-refractivity contribution is 0.210. The molecule has 3 heterocycles. The predicted octanol–water partition coefficient (Wildman–Crippen LogP) is 2.98. The van der Waals surface area contributed by atoms with E-state index in [1.807, 2.05) is 6.07 Å². The fraction of sp³-hybridized carbons (Fsp3) is 0.222. The third kappa shape index (κ3) is 2.49. The monoisotopic (exact) mass is 322 g/mol. The van der Waals surface area contributed by atoms with Crippen LogP contribution >= 0.6 is 0 Å².